The van der Waals surface area contributed by atoms with E-state index < -0.39 is 0 Å². The summed E-state index contributed by atoms with van der Waals surface area (Å²) in [5, 5.41) is 2.98. The van der Waals surface area contributed by atoms with E-state index >= 15 is 0 Å². The summed E-state index contributed by atoms with van der Waals surface area (Å²) >= 11 is 0. The largest absolute Gasteiger partial charge is 0.454 e. The summed E-state index contributed by atoms with van der Waals surface area (Å²) in [5.74, 6) is 1.74. The van der Waals surface area contributed by atoms with Crippen LogP contribution >= 0.6 is 0 Å². The minimum atomic E-state index is -0.136. The van der Waals surface area contributed by atoms with Gasteiger partial charge in [0, 0.05) is 17.8 Å². The number of carbonyl (C=O) groups is 1. The molecule has 0 atom stereocenters. The second-order valence-corrected chi connectivity index (χ2v) is 5.04. The van der Waals surface area contributed by atoms with E-state index in [1.807, 2.05) is 0 Å². The zero-order chi connectivity index (χ0) is 12.7. The molecule has 1 aromatic carbocycles. The highest BCUT2D eigenvalue weighted by Crippen LogP contribution is 2.36. The molecule has 3 rings (SSSR count). The third-order valence-corrected chi connectivity index (χ3v) is 3.50. The molecular formula is C13H16N2O3. The van der Waals surface area contributed by atoms with Gasteiger partial charge in [0.1, 0.15) is 0 Å². The molecule has 0 aromatic heterocycles. The Balaban J connectivity index is 1.77. The molecule has 0 spiro atoms. The van der Waals surface area contributed by atoms with Gasteiger partial charge in [0.05, 0.1) is 5.56 Å². The van der Waals surface area contributed by atoms with Crippen molar-refractivity contribution in [2.45, 2.75) is 25.8 Å². The second kappa shape index (κ2) is 4.08. The van der Waals surface area contributed by atoms with E-state index in [-0.39, 0.29) is 18.7 Å². The number of ether oxygens (including phenoxy) is 2. The van der Waals surface area contributed by atoms with Gasteiger partial charge in [0.2, 0.25) is 6.79 Å². The summed E-state index contributed by atoms with van der Waals surface area (Å²) in [7, 11) is 0. The molecule has 18 heavy (non-hydrogen) atoms. The van der Waals surface area contributed by atoms with Crippen molar-refractivity contribution < 1.29 is 14.3 Å². The third kappa shape index (κ3) is 1.85. The Morgan fingerprint density at radius 1 is 1.33 bits per heavy atom. The molecule has 1 saturated carbocycles. The van der Waals surface area contributed by atoms with E-state index in [2.05, 4.69) is 12.2 Å². The van der Waals surface area contributed by atoms with Crippen molar-refractivity contribution in [1.82, 2.24) is 5.32 Å². The summed E-state index contributed by atoms with van der Waals surface area (Å²) in [4.78, 5) is 12.1. The molecule has 1 aromatic rings. The second-order valence-electron chi connectivity index (χ2n) is 5.04. The quantitative estimate of drug-likeness (QED) is 0.778. The van der Waals surface area contributed by atoms with Crippen molar-refractivity contribution in [2.24, 2.45) is 5.92 Å². The van der Waals surface area contributed by atoms with Gasteiger partial charge in [0.25, 0.3) is 5.91 Å². The molecule has 2 aliphatic rings. The van der Waals surface area contributed by atoms with Crippen LogP contribution in [0.15, 0.2) is 12.1 Å². The van der Waals surface area contributed by atoms with Crippen LogP contribution in [0.5, 0.6) is 11.5 Å². The van der Waals surface area contributed by atoms with Gasteiger partial charge >= 0.3 is 0 Å². The fourth-order valence-corrected chi connectivity index (χ4v) is 2.44. The number of anilines is 1. The lowest BCUT2D eigenvalue weighted by Crippen LogP contribution is -2.43. The summed E-state index contributed by atoms with van der Waals surface area (Å²) in [6, 6.07) is 3.56. The van der Waals surface area contributed by atoms with Gasteiger partial charge in [-0.05, 0) is 24.8 Å². The maximum atomic E-state index is 12.1. The summed E-state index contributed by atoms with van der Waals surface area (Å²) in [5.41, 5.74) is 6.74. The first-order valence-electron chi connectivity index (χ1n) is 6.13. The lowest BCUT2D eigenvalue weighted by Gasteiger charge is -2.33. The highest BCUT2D eigenvalue weighted by Gasteiger charge is 2.28. The summed E-state index contributed by atoms with van der Waals surface area (Å²) in [6.07, 6.45) is 2.08. The van der Waals surface area contributed by atoms with Crippen molar-refractivity contribution in [2.75, 3.05) is 12.5 Å². The SMILES string of the molecule is CC1CC(NC(=O)c2cc3c(cc2N)OCO3)C1. The lowest BCUT2D eigenvalue weighted by atomic mass is 9.82. The number of benzene rings is 1. The van der Waals surface area contributed by atoms with E-state index in [4.69, 9.17) is 15.2 Å². The number of hydrogen-bond acceptors (Lipinski definition) is 4. The lowest BCUT2D eigenvalue weighted by molar-refractivity contribution is 0.0896. The number of nitrogens with two attached hydrogens (primary N) is 1. The zero-order valence-electron chi connectivity index (χ0n) is 10.2. The van der Waals surface area contributed by atoms with Crippen LogP contribution in [0.3, 0.4) is 0 Å². The van der Waals surface area contributed by atoms with E-state index in [1.54, 1.807) is 12.1 Å². The van der Waals surface area contributed by atoms with E-state index in [0.29, 0.717) is 28.7 Å². The molecule has 1 aliphatic heterocycles. The van der Waals surface area contributed by atoms with Crippen LogP contribution in [0.25, 0.3) is 0 Å². The molecular weight excluding hydrogens is 232 g/mol. The maximum Gasteiger partial charge on any atom is 0.253 e. The monoisotopic (exact) mass is 248 g/mol. The number of hydrogen-bond donors (Lipinski definition) is 2. The van der Waals surface area contributed by atoms with Crippen molar-refractivity contribution in [3.8, 4) is 11.5 Å². The van der Waals surface area contributed by atoms with E-state index in [1.165, 1.54) is 0 Å². The topological polar surface area (TPSA) is 73.6 Å². The van der Waals surface area contributed by atoms with Crippen LogP contribution in [0.4, 0.5) is 5.69 Å². The Bertz CT molecular complexity index is 495. The average molecular weight is 248 g/mol. The number of fused-ring (bicyclic) bond motifs is 1. The van der Waals surface area contributed by atoms with Gasteiger partial charge in [-0.2, -0.15) is 0 Å². The molecule has 0 saturated heterocycles. The molecule has 0 unspecified atom stereocenters. The number of amides is 1. The van der Waals surface area contributed by atoms with Crippen LogP contribution < -0.4 is 20.5 Å². The van der Waals surface area contributed by atoms with Crippen molar-refractivity contribution >= 4 is 11.6 Å². The van der Waals surface area contributed by atoms with Crippen molar-refractivity contribution in [3.05, 3.63) is 17.7 Å². The standard InChI is InChI=1S/C13H16N2O3/c1-7-2-8(3-7)15-13(16)9-4-11-12(5-10(9)14)18-6-17-11/h4-5,7-8H,2-3,6,14H2,1H3,(H,15,16). The number of carbonyl (C=O) groups excluding carboxylic acids is 1. The third-order valence-electron chi connectivity index (χ3n) is 3.50. The predicted octanol–water partition coefficient (Wildman–Crippen LogP) is 1.53. The van der Waals surface area contributed by atoms with Crippen molar-refractivity contribution in [1.29, 1.82) is 0 Å². The highest BCUT2D eigenvalue weighted by atomic mass is 16.7. The molecule has 96 valence electrons. The van der Waals surface area contributed by atoms with Gasteiger partial charge < -0.3 is 20.5 Å². The molecule has 1 amide bonds. The maximum absolute atomic E-state index is 12.1. The highest BCUT2D eigenvalue weighted by molar-refractivity contribution is 6.00. The van der Waals surface area contributed by atoms with Crippen LogP contribution in [-0.4, -0.2) is 18.7 Å². The fraction of sp³-hybridized carbons (Fsp3) is 0.462. The van der Waals surface area contributed by atoms with Gasteiger partial charge in [-0.25, -0.2) is 0 Å². The molecule has 1 fully saturated rings. The Morgan fingerprint density at radius 3 is 2.67 bits per heavy atom. The zero-order valence-corrected chi connectivity index (χ0v) is 10.2. The molecule has 1 aliphatic carbocycles. The van der Waals surface area contributed by atoms with Crippen LogP contribution in [0.2, 0.25) is 0 Å². The first-order valence-corrected chi connectivity index (χ1v) is 6.13. The molecule has 3 N–H and O–H groups in total. The Morgan fingerprint density at radius 2 is 2.00 bits per heavy atom. The molecule has 5 heteroatoms. The number of nitrogens with one attached hydrogen (secondary N) is 1. The Kier molecular flexibility index (Phi) is 2.54. The van der Waals surface area contributed by atoms with Crippen LogP contribution in [-0.2, 0) is 0 Å². The Hall–Kier alpha value is -1.91. The van der Waals surface area contributed by atoms with Crippen LogP contribution in [0.1, 0.15) is 30.1 Å². The van der Waals surface area contributed by atoms with E-state index in [0.717, 1.165) is 12.8 Å². The van der Waals surface area contributed by atoms with Gasteiger partial charge in [0.15, 0.2) is 11.5 Å². The smallest absolute Gasteiger partial charge is 0.253 e. The van der Waals surface area contributed by atoms with Crippen molar-refractivity contribution in [3.63, 3.8) is 0 Å². The molecule has 1 heterocycles. The van der Waals surface area contributed by atoms with Crippen LogP contribution in [0, 0.1) is 5.92 Å². The Labute approximate surface area is 105 Å². The molecule has 0 radical (unpaired) electrons. The summed E-state index contributed by atoms with van der Waals surface area (Å²) < 4.78 is 10.5. The summed E-state index contributed by atoms with van der Waals surface area (Å²) in [6.45, 7) is 2.36. The number of rotatable bonds is 2. The fourth-order valence-electron chi connectivity index (χ4n) is 2.44. The first-order chi connectivity index (χ1) is 8.63. The predicted molar refractivity (Wildman–Crippen MR) is 66.6 cm³/mol. The van der Waals surface area contributed by atoms with E-state index in [9.17, 15) is 4.79 Å². The first kappa shape index (κ1) is 11.2. The minimum Gasteiger partial charge on any atom is -0.454 e. The van der Waals surface area contributed by atoms with Gasteiger partial charge in [-0.15, -0.1) is 0 Å². The minimum absolute atomic E-state index is 0.136. The number of nitrogen functional groups attached to an aromatic ring is 1. The molecule has 5 nitrogen and oxygen atoms in total. The van der Waals surface area contributed by atoms with Gasteiger partial charge in [-0.1, -0.05) is 6.92 Å². The molecule has 0 bridgehead atoms. The normalized spacial score (nSPS) is 24.5. The van der Waals surface area contributed by atoms with Gasteiger partial charge in [-0.3, -0.25) is 4.79 Å². The average Bonchev–Trinajstić information content (AvgIpc) is 2.72.